The fourth-order valence-electron chi connectivity index (χ4n) is 5.96. The van der Waals surface area contributed by atoms with E-state index in [1.165, 1.54) is 16.8 Å². The van der Waals surface area contributed by atoms with Gasteiger partial charge in [-0.2, -0.15) is 0 Å². The van der Waals surface area contributed by atoms with Crippen molar-refractivity contribution in [1.82, 2.24) is 0 Å². The minimum absolute atomic E-state index is 0.0700. The van der Waals surface area contributed by atoms with Gasteiger partial charge in [-0.05, 0) is 53.9 Å². The van der Waals surface area contributed by atoms with E-state index in [0.717, 1.165) is 42.8 Å². The number of rotatable bonds is 0. The number of fused-ring (bicyclic) bond motifs is 3. The average molecular weight is 440 g/mol. The van der Waals surface area contributed by atoms with Crippen LogP contribution < -0.4 is 9.64 Å². The van der Waals surface area contributed by atoms with E-state index < -0.39 is 0 Å². The lowest BCUT2D eigenvalue weighted by Crippen LogP contribution is -2.45. The highest BCUT2D eigenvalue weighted by molar-refractivity contribution is 6.40. The van der Waals surface area contributed by atoms with Gasteiger partial charge in [0.05, 0.1) is 0 Å². The summed E-state index contributed by atoms with van der Waals surface area (Å²) in [6.45, 7) is 13.4. The predicted octanol–water partition coefficient (Wildman–Crippen LogP) is 5.98. The summed E-state index contributed by atoms with van der Waals surface area (Å²) in [7, 11) is 0. The summed E-state index contributed by atoms with van der Waals surface area (Å²) in [4.78, 5) is 28.9. The second kappa shape index (κ2) is 6.47. The van der Waals surface area contributed by atoms with Crippen LogP contribution >= 0.6 is 0 Å². The third-order valence-electron chi connectivity index (χ3n) is 8.09. The molecular weight excluding hydrogens is 410 g/mol. The van der Waals surface area contributed by atoms with Crippen molar-refractivity contribution in [1.29, 1.82) is 0 Å². The summed E-state index contributed by atoms with van der Waals surface area (Å²) < 4.78 is 6.57. The Morgan fingerprint density at radius 3 is 2.12 bits per heavy atom. The van der Waals surface area contributed by atoms with Crippen molar-refractivity contribution in [2.24, 2.45) is 0 Å². The van der Waals surface area contributed by atoms with E-state index in [1.54, 1.807) is 24.3 Å². The fourth-order valence-corrected chi connectivity index (χ4v) is 5.96. The number of carbonyl (C=O) groups is 2. The van der Waals surface area contributed by atoms with Crippen LogP contribution in [-0.4, -0.2) is 24.7 Å². The quantitative estimate of drug-likeness (QED) is 0.374. The summed E-state index contributed by atoms with van der Waals surface area (Å²) in [5.74, 6) is 0.712. The molecule has 0 aromatic heterocycles. The molecule has 168 valence electrons. The Hall–Kier alpha value is -3.14. The summed E-state index contributed by atoms with van der Waals surface area (Å²) in [6.07, 6.45) is 4.04. The molecule has 4 heteroatoms. The first-order valence-corrected chi connectivity index (χ1v) is 11.9. The molecule has 33 heavy (non-hydrogen) atoms. The van der Waals surface area contributed by atoms with E-state index in [9.17, 15) is 9.59 Å². The van der Waals surface area contributed by atoms with Crippen molar-refractivity contribution in [3.05, 3.63) is 75.6 Å². The van der Waals surface area contributed by atoms with Crippen molar-refractivity contribution < 1.29 is 14.3 Å². The second-order valence-corrected chi connectivity index (χ2v) is 11.2. The molecule has 2 aromatic carbocycles. The molecule has 3 aliphatic heterocycles. The van der Waals surface area contributed by atoms with Gasteiger partial charge in [0, 0.05) is 41.0 Å². The van der Waals surface area contributed by atoms with Gasteiger partial charge in [0.25, 0.3) is 0 Å². The zero-order chi connectivity index (χ0) is 23.3. The van der Waals surface area contributed by atoms with Crippen LogP contribution in [0, 0.1) is 0 Å². The Balaban J connectivity index is 1.61. The van der Waals surface area contributed by atoms with Gasteiger partial charge >= 0.3 is 0 Å². The first-order chi connectivity index (χ1) is 15.6. The third-order valence-corrected chi connectivity index (χ3v) is 8.09. The summed E-state index contributed by atoms with van der Waals surface area (Å²) in [5, 5.41) is 0. The van der Waals surface area contributed by atoms with Crippen LogP contribution in [0.2, 0.25) is 0 Å². The third kappa shape index (κ3) is 2.70. The predicted molar refractivity (Wildman–Crippen MR) is 130 cm³/mol. The minimum atomic E-state index is -0.244. The molecule has 0 radical (unpaired) electrons. The number of ketones is 2. The normalized spacial score (nSPS) is 21.8. The lowest BCUT2D eigenvalue weighted by atomic mass is 9.68. The highest BCUT2D eigenvalue weighted by Crippen LogP contribution is 2.56. The van der Waals surface area contributed by atoms with Crippen molar-refractivity contribution in [2.75, 3.05) is 18.0 Å². The number of hydrogen-bond donors (Lipinski definition) is 0. The maximum atomic E-state index is 13.2. The molecule has 0 spiro atoms. The van der Waals surface area contributed by atoms with E-state index in [1.807, 2.05) is 6.08 Å². The number of benzene rings is 2. The molecule has 4 nitrogen and oxygen atoms in total. The maximum Gasteiger partial charge on any atom is 0.201 e. The standard InChI is InChI=1S/C29H29NO3/c1-16-14-21(22-25(31)17-8-6-7-9-18(17)26(22)32)33-27-19(16)15-20-24-23(27)29(4,5)11-13-30(24)12-10-28(20,2)3/h6-9,14-15H,10-13H2,1-5H3. The Kier molecular flexibility index (Phi) is 4.01. The van der Waals surface area contributed by atoms with Crippen LogP contribution in [0.4, 0.5) is 5.69 Å². The van der Waals surface area contributed by atoms with Gasteiger partial charge in [0.15, 0.2) is 0 Å². The Labute approximate surface area is 194 Å². The van der Waals surface area contributed by atoms with Gasteiger partial charge in [0.1, 0.15) is 17.1 Å². The van der Waals surface area contributed by atoms with Crippen molar-refractivity contribution in [3.8, 4) is 5.75 Å². The molecule has 0 saturated carbocycles. The van der Waals surface area contributed by atoms with E-state index >= 15 is 0 Å². The molecule has 0 fully saturated rings. The van der Waals surface area contributed by atoms with Crippen molar-refractivity contribution in [3.63, 3.8) is 0 Å². The summed E-state index contributed by atoms with van der Waals surface area (Å²) in [6, 6.07) is 9.33. The van der Waals surface area contributed by atoms with Crippen molar-refractivity contribution in [2.45, 2.75) is 58.3 Å². The molecule has 0 amide bonds. The van der Waals surface area contributed by atoms with Gasteiger partial charge in [-0.25, -0.2) is 0 Å². The average Bonchev–Trinajstić information content (AvgIpc) is 3.02. The minimum Gasteiger partial charge on any atom is -0.455 e. The molecule has 4 aliphatic rings. The lowest BCUT2D eigenvalue weighted by molar-refractivity contribution is 0.0983. The Bertz CT molecular complexity index is 1300. The van der Waals surface area contributed by atoms with E-state index in [0.29, 0.717) is 16.9 Å². The van der Waals surface area contributed by atoms with Crippen LogP contribution in [0.25, 0.3) is 5.57 Å². The molecular formula is C29H29NO3. The van der Waals surface area contributed by atoms with Gasteiger partial charge < -0.3 is 9.64 Å². The van der Waals surface area contributed by atoms with Gasteiger partial charge in [-0.15, -0.1) is 0 Å². The number of allylic oxidation sites excluding steroid dienone is 3. The lowest BCUT2D eigenvalue weighted by Gasteiger charge is -2.49. The monoisotopic (exact) mass is 439 g/mol. The molecule has 0 saturated heterocycles. The van der Waals surface area contributed by atoms with Crippen LogP contribution in [0.3, 0.4) is 0 Å². The SMILES string of the molecule is CC1=CC(=C2C(=O)c3ccccc3C2=O)Oc2c1cc1c3c2C(C)(C)CCN3CCC1(C)C. The molecule has 0 atom stereocenters. The van der Waals surface area contributed by atoms with E-state index in [-0.39, 0.29) is 28.0 Å². The summed E-state index contributed by atoms with van der Waals surface area (Å²) >= 11 is 0. The number of ether oxygens (including phenoxy) is 1. The van der Waals surface area contributed by atoms with Crippen molar-refractivity contribution >= 4 is 22.8 Å². The molecule has 0 N–H and O–H groups in total. The highest BCUT2D eigenvalue weighted by atomic mass is 16.5. The second-order valence-electron chi connectivity index (χ2n) is 11.2. The fraction of sp³-hybridized carbons (Fsp3) is 0.379. The Morgan fingerprint density at radius 2 is 1.48 bits per heavy atom. The van der Waals surface area contributed by atoms with Crippen LogP contribution in [0.1, 0.15) is 84.9 Å². The number of anilines is 1. The van der Waals surface area contributed by atoms with Gasteiger partial charge in [0.2, 0.25) is 11.6 Å². The number of Topliss-reactive ketones (excluding diaryl/α,β-unsaturated/α-hetero) is 2. The molecule has 0 bridgehead atoms. The van der Waals surface area contributed by atoms with E-state index in [2.05, 4.69) is 45.6 Å². The van der Waals surface area contributed by atoms with Gasteiger partial charge in [-0.3, -0.25) is 9.59 Å². The number of carbonyl (C=O) groups excluding carboxylic acids is 2. The first kappa shape index (κ1) is 20.5. The van der Waals surface area contributed by atoms with Crippen LogP contribution in [0.5, 0.6) is 5.75 Å². The first-order valence-electron chi connectivity index (χ1n) is 11.9. The maximum absolute atomic E-state index is 13.2. The largest absolute Gasteiger partial charge is 0.455 e. The van der Waals surface area contributed by atoms with E-state index in [4.69, 9.17) is 4.74 Å². The molecule has 3 heterocycles. The molecule has 2 aromatic rings. The Morgan fingerprint density at radius 1 is 0.879 bits per heavy atom. The number of nitrogens with zero attached hydrogens (tertiary/aromatic N) is 1. The van der Waals surface area contributed by atoms with Crippen LogP contribution in [-0.2, 0) is 10.8 Å². The highest BCUT2D eigenvalue weighted by Gasteiger charge is 2.44. The molecule has 6 rings (SSSR count). The topological polar surface area (TPSA) is 46.6 Å². The smallest absolute Gasteiger partial charge is 0.201 e. The summed E-state index contributed by atoms with van der Waals surface area (Å²) in [5.41, 5.74) is 7.09. The van der Waals surface area contributed by atoms with Crippen LogP contribution in [0.15, 0.2) is 47.7 Å². The zero-order valence-corrected chi connectivity index (χ0v) is 20.0. The molecule has 0 unspecified atom stereocenters. The van der Waals surface area contributed by atoms with Gasteiger partial charge in [-0.1, -0.05) is 52.0 Å². The molecule has 1 aliphatic carbocycles. The zero-order valence-electron chi connectivity index (χ0n) is 20.0. The number of hydrogen-bond acceptors (Lipinski definition) is 4.